The first-order chi connectivity index (χ1) is 14.3. The number of benzene rings is 4. The van der Waals surface area contributed by atoms with E-state index in [1.165, 1.54) is 32.0 Å². The van der Waals surface area contributed by atoms with E-state index in [0.29, 0.717) is 0 Å². The highest BCUT2D eigenvalue weighted by Crippen LogP contribution is 2.48. The molecule has 4 aromatic rings. The van der Waals surface area contributed by atoms with Crippen molar-refractivity contribution in [1.82, 2.24) is 0 Å². The molecule has 0 aromatic heterocycles. The first-order valence-electron chi connectivity index (χ1n) is 9.72. The summed E-state index contributed by atoms with van der Waals surface area (Å²) in [5.74, 6) is 0.272. The summed E-state index contributed by atoms with van der Waals surface area (Å²) < 4.78 is 0. The average molecular weight is 414 g/mol. The molecule has 0 aliphatic carbocycles. The predicted octanol–water partition coefficient (Wildman–Crippen LogP) is 7.60. The lowest BCUT2D eigenvalue weighted by atomic mass is 9.84. The Bertz CT molecular complexity index is 1090. The van der Waals surface area contributed by atoms with Crippen LogP contribution in [0.4, 0.5) is 5.69 Å². The third kappa shape index (κ3) is 3.78. The van der Waals surface area contributed by atoms with Crippen LogP contribution in [0.2, 0.25) is 5.02 Å². The SMILES string of the molecule is Clc1ccc(CNc2ccc(C3c4ccccc4Sc4ccccc43)cc2)cc1. The molecule has 0 fully saturated rings. The fourth-order valence-electron chi connectivity index (χ4n) is 3.87. The van der Waals surface area contributed by atoms with Gasteiger partial charge in [-0.1, -0.05) is 84.0 Å². The van der Waals surface area contributed by atoms with Crippen molar-refractivity contribution in [1.29, 1.82) is 0 Å². The highest BCUT2D eigenvalue weighted by molar-refractivity contribution is 7.99. The second kappa shape index (κ2) is 7.98. The lowest BCUT2D eigenvalue weighted by Gasteiger charge is -2.28. The van der Waals surface area contributed by atoms with Crippen LogP contribution in [0.3, 0.4) is 0 Å². The summed E-state index contributed by atoms with van der Waals surface area (Å²) in [7, 11) is 0. The number of rotatable bonds is 4. The van der Waals surface area contributed by atoms with E-state index in [0.717, 1.165) is 17.3 Å². The molecule has 0 unspecified atom stereocenters. The molecule has 1 aliphatic heterocycles. The standard InChI is InChI=1S/C26H20ClNS/c27-20-13-9-18(10-14-20)17-28-21-15-11-19(12-16-21)26-22-5-1-3-7-24(22)29-25-8-4-2-6-23(25)26/h1-16,26,28H,17H2. The van der Waals surface area contributed by atoms with Gasteiger partial charge in [-0.3, -0.25) is 0 Å². The predicted molar refractivity (Wildman–Crippen MR) is 123 cm³/mol. The van der Waals surface area contributed by atoms with Gasteiger partial charge >= 0.3 is 0 Å². The number of fused-ring (bicyclic) bond motifs is 2. The molecule has 0 saturated heterocycles. The quantitative estimate of drug-likeness (QED) is 0.325. The van der Waals surface area contributed by atoms with Crippen molar-refractivity contribution >= 4 is 29.1 Å². The van der Waals surface area contributed by atoms with E-state index >= 15 is 0 Å². The van der Waals surface area contributed by atoms with Crippen LogP contribution < -0.4 is 5.32 Å². The van der Waals surface area contributed by atoms with Crippen molar-refractivity contribution in [3.05, 3.63) is 124 Å². The van der Waals surface area contributed by atoms with Crippen LogP contribution in [0, 0.1) is 0 Å². The molecule has 4 aromatic carbocycles. The van der Waals surface area contributed by atoms with Crippen molar-refractivity contribution < 1.29 is 0 Å². The summed E-state index contributed by atoms with van der Waals surface area (Å²) in [6, 6.07) is 34.3. The molecule has 0 radical (unpaired) electrons. The molecule has 142 valence electrons. The molecular weight excluding hydrogens is 394 g/mol. The maximum absolute atomic E-state index is 5.97. The molecule has 1 aliphatic rings. The average Bonchev–Trinajstić information content (AvgIpc) is 2.77. The first-order valence-corrected chi connectivity index (χ1v) is 10.9. The Kier molecular flexibility index (Phi) is 5.05. The van der Waals surface area contributed by atoms with E-state index in [1.807, 2.05) is 23.9 Å². The normalized spacial score (nSPS) is 12.9. The highest BCUT2D eigenvalue weighted by atomic mass is 35.5. The Labute approximate surface area is 180 Å². The van der Waals surface area contributed by atoms with Gasteiger partial charge in [0.05, 0.1) is 0 Å². The fraction of sp³-hybridized carbons (Fsp3) is 0.0769. The van der Waals surface area contributed by atoms with Gasteiger partial charge < -0.3 is 5.32 Å². The third-order valence-corrected chi connectivity index (χ3v) is 6.77. The van der Waals surface area contributed by atoms with E-state index in [1.54, 1.807) is 0 Å². The van der Waals surface area contributed by atoms with Crippen LogP contribution >= 0.6 is 23.4 Å². The van der Waals surface area contributed by atoms with Gasteiger partial charge in [0.25, 0.3) is 0 Å². The first kappa shape index (κ1) is 18.4. The monoisotopic (exact) mass is 413 g/mol. The van der Waals surface area contributed by atoms with Crippen LogP contribution in [0.1, 0.15) is 28.2 Å². The van der Waals surface area contributed by atoms with Gasteiger partial charge in [0.2, 0.25) is 0 Å². The van der Waals surface area contributed by atoms with Crippen LogP contribution in [0.25, 0.3) is 0 Å². The number of hydrogen-bond acceptors (Lipinski definition) is 2. The minimum atomic E-state index is 0.272. The third-order valence-electron chi connectivity index (χ3n) is 5.33. The second-order valence-corrected chi connectivity index (χ2v) is 8.73. The highest BCUT2D eigenvalue weighted by Gasteiger charge is 2.26. The van der Waals surface area contributed by atoms with Gasteiger partial charge in [-0.25, -0.2) is 0 Å². The van der Waals surface area contributed by atoms with Crippen LogP contribution in [-0.2, 0) is 6.54 Å². The molecule has 3 heteroatoms. The Morgan fingerprint density at radius 3 is 1.90 bits per heavy atom. The summed E-state index contributed by atoms with van der Waals surface area (Å²) in [6.45, 7) is 0.780. The summed E-state index contributed by atoms with van der Waals surface area (Å²) in [5.41, 5.74) is 6.43. The number of anilines is 1. The lowest BCUT2D eigenvalue weighted by molar-refractivity contribution is 0.902. The van der Waals surface area contributed by atoms with Gasteiger partial charge in [0.15, 0.2) is 0 Å². The van der Waals surface area contributed by atoms with Crippen molar-refractivity contribution in [3.63, 3.8) is 0 Å². The summed E-state index contributed by atoms with van der Waals surface area (Å²) in [6.07, 6.45) is 0. The Morgan fingerprint density at radius 1 is 0.690 bits per heavy atom. The molecule has 1 nitrogen and oxygen atoms in total. The van der Waals surface area contributed by atoms with Gasteiger partial charge in [-0.05, 0) is 58.7 Å². The van der Waals surface area contributed by atoms with E-state index < -0.39 is 0 Å². The molecule has 0 saturated carbocycles. The molecule has 5 rings (SSSR count). The Morgan fingerprint density at radius 2 is 1.28 bits per heavy atom. The van der Waals surface area contributed by atoms with Crippen LogP contribution in [0.15, 0.2) is 107 Å². The zero-order valence-corrected chi connectivity index (χ0v) is 17.4. The van der Waals surface area contributed by atoms with E-state index in [2.05, 4.69) is 90.2 Å². The molecule has 0 spiro atoms. The maximum atomic E-state index is 5.97. The summed E-state index contributed by atoms with van der Waals surface area (Å²) >= 11 is 7.84. The fourth-order valence-corrected chi connectivity index (χ4v) is 5.13. The van der Waals surface area contributed by atoms with E-state index in [9.17, 15) is 0 Å². The van der Waals surface area contributed by atoms with Crippen LogP contribution in [0.5, 0.6) is 0 Å². The molecule has 1 heterocycles. The van der Waals surface area contributed by atoms with Gasteiger partial charge in [0, 0.05) is 33.0 Å². The molecule has 0 atom stereocenters. The lowest BCUT2D eigenvalue weighted by Crippen LogP contribution is -2.10. The molecule has 29 heavy (non-hydrogen) atoms. The Hall–Kier alpha value is -2.68. The van der Waals surface area contributed by atoms with Crippen molar-refractivity contribution in [2.24, 2.45) is 0 Å². The van der Waals surface area contributed by atoms with Crippen LogP contribution in [-0.4, -0.2) is 0 Å². The topological polar surface area (TPSA) is 12.0 Å². The summed E-state index contributed by atoms with van der Waals surface area (Å²) in [5, 5.41) is 4.27. The zero-order valence-electron chi connectivity index (χ0n) is 15.8. The minimum Gasteiger partial charge on any atom is -0.381 e. The van der Waals surface area contributed by atoms with Gasteiger partial charge in [-0.15, -0.1) is 0 Å². The second-order valence-electron chi connectivity index (χ2n) is 7.21. The largest absolute Gasteiger partial charge is 0.381 e. The number of hydrogen-bond donors (Lipinski definition) is 1. The smallest absolute Gasteiger partial charge is 0.0406 e. The molecule has 0 bridgehead atoms. The molecule has 0 amide bonds. The number of nitrogens with one attached hydrogen (secondary N) is 1. The number of halogens is 1. The van der Waals surface area contributed by atoms with Crippen molar-refractivity contribution in [3.8, 4) is 0 Å². The van der Waals surface area contributed by atoms with Crippen molar-refractivity contribution in [2.75, 3.05) is 5.32 Å². The van der Waals surface area contributed by atoms with Gasteiger partial charge in [-0.2, -0.15) is 0 Å². The zero-order chi connectivity index (χ0) is 19.6. The van der Waals surface area contributed by atoms with E-state index in [4.69, 9.17) is 11.6 Å². The van der Waals surface area contributed by atoms with Gasteiger partial charge in [0.1, 0.15) is 0 Å². The summed E-state index contributed by atoms with van der Waals surface area (Å²) in [4.78, 5) is 2.70. The van der Waals surface area contributed by atoms with Crippen molar-refractivity contribution in [2.45, 2.75) is 22.3 Å². The Balaban J connectivity index is 1.42. The maximum Gasteiger partial charge on any atom is 0.0406 e. The molecular formula is C26H20ClNS. The van der Waals surface area contributed by atoms with E-state index in [-0.39, 0.29) is 5.92 Å². The minimum absolute atomic E-state index is 0.272. The molecule has 1 N–H and O–H groups in total.